The van der Waals surface area contributed by atoms with E-state index in [1.54, 1.807) is 47.4 Å². The Morgan fingerprint density at radius 2 is 1.66 bits per heavy atom. The van der Waals surface area contributed by atoms with Gasteiger partial charge in [0.15, 0.2) is 6.61 Å². The van der Waals surface area contributed by atoms with E-state index in [0.29, 0.717) is 23.3 Å². The molecule has 0 aliphatic carbocycles. The molecule has 0 unspecified atom stereocenters. The Labute approximate surface area is 309 Å². The van der Waals surface area contributed by atoms with Gasteiger partial charge in [0.2, 0.25) is 17.7 Å². The van der Waals surface area contributed by atoms with Gasteiger partial charge in [0.1, 0.15) is 17.8 Å². The zero-order valence-electron chi connectivity index (χ0n) is 30.2. The molecule has 0 aromatic heterocycles. The largest absolute Gasteiger partial charge is 0.484 e. The lowest BCUT2D eigenvalue weighted by atomic mass is 9.93. The fraction of sp³-hybridized carbons (Fsp3) is 0.400. The molecule has 2 aliphatic heterocycles. The van der Waals surface area contributed by atoms with E-state index in [0.717, 1.165) is 11.1 Å². The van der Waals surface area contributed by atoms with Crippen LogP contribution in [0.2, 0.25) is 0 Å². The summed E-state index contributed by atoms with van der Waals surface area (Å²) in [5.74, 6) is -2.14. The molecule has 1 saturated heterocycles. The highest BCUT2D eigenvalue weighted by molar-refractivity contribution is 5.95. The SMILES string of the molecule is COCCN1CC(=O)N[C@@H](Cc2ccccc2)C(=O)N[C@@H]2CN(C(=O)c3ccc(C#N)cc3)C[C@H]2c2cccc(c2)OCC(=O)N[C@H](CC(C)C)C1=O. The number of rotatable bonds is 8. The van der Waals surface area contributed by atoms with Crippen molar-refractivity contribution in [2.45, 2.75) is 50.7 Å². The van der Waals surface area contributed by atoms with Gasteiger partial charge in [-0.25, -0.2) is 0 Å². The highest BCUT2D eigenvalue weighted by Gasteiger charge is 2.39. The summed E-state index contributed by atoms with van der Waals surface area (Å²) in [6, 6.07) is 22.3. The van der Waals surface area contributed by atoms with Gasteiger partial charge < -0.3 is 35.2 Å². The van der Waals surface area contributed by atoms with E-state index in [-0.39, 0.29) is 63.6 Å². The minimum atomic E-state index is -1.02. The number of hydrogen-bond acceptors (Lipinski definition) is 8. The normalized spacial score (nSPS) is 21.3. The molecule has 3 aromatic carbocycles. The van der Waals surface area contributed by atoms with Crippen molar-refractivity contribution < 1.29 is 33.4 Å². The summed E-state index contributed by atoms with van der Waals surface area (Å²) in [4.78, 5) is 71.8. The van der Waals surface area contributed by atoms with Crippen LogP contribution in [0.25, 0.3) is 0 Å². The summed E-state index contributed by atoms with van der Waals surface area (Å²) in [5.41, 5.74) is 2.42. The van der Waals surface area contributed by atoms with Crippen LogP contribution >= 0.6 is 0 Å². The standard InChI is InChI=1S/C40H46N6O7/c1-26(2)18-34-40(51)45(16-17-52-3)24-36(47)42-33(19-27-8-5-4-6-9-27)38(49)44-35-23-46(39(50)29-14-12-28(21-41)13-15-29)22-32(35)30-10-7-11-31(20-30)53-25-37(48)43-34/h4-15,20,26,32-35H,16-19,22-25H2,1-3H3,(H,42,47)(H,43,48)(H,44,49)/t32-,33-,34+,35+/m0/s1. The molecule has 5 amide bonds. The summed E-state index contributed by atoms with van der Waals surface area (Å²) in [6.07, 6.45) is 0.496. The molecule has 2 heterocycles. The van der Waals surface area contributed by atoms with Crippen molar-refractivity contribution in [3.63, 3.8) is 0 Å². The maximum atomic E-state index is 14.2. The average Bonchev–Trinajstić information content (AvgIpc) is 3.58. The first-order valence-corrected chi connectivity index (χ1v) is 17.8. The summed E-state index contributed by atoms with van der Waals surface area (Å²) in [6.45, 7) is 3.80. The van der Waals surface area contributed by atoms with Gasteiger partial charge in [-0.05, 0) is 59.9 Å². The van der Waals surface area contributed by atoms with E-state index in [4.69, 9.17) is 9.47 Å². The van der Waals surface area contributed by atoms with Crippen molar-refractivity contribution in [3.8, 4) is 11.8 Å². The molecule has 0 spiro atoms. The molecule has 2 bridgehead atoms. The Hall–Kier alpha value is -5.74. The fourth-order valence-electron chi connectivity index (χ4n) is 6.68. The number of nitriles is 1. The first kappa shape index (κ1) is 38.5. The summed E-state index contributed by atoms with van der Waals surface area (Å²) in [5, 5.41) is 18.0. The van der Waals surface area contributed by atoms with E-state index < -0.39 is 41.8 Å². The van der Waals surface area contributed by atoms with Crippen LogP contribution in [0.3, 0.4) is 0 Å². The minimum absolute atomic E-state index is 0.0412. The van der Waals surface area contributed by atoms with Crippen molar-refractivity contribution in [1.82, 2.24) is 25.8 Å². The minimum Gasteiger partial charge on any atom is -0.484 e. The molecule has 278 valence electrons. The van der Waals surface area contributed by atoms with Crippen LogP contribution in [0.4, 0.5) is 0 Å². The number of nitrogens with zero attached hydrogens (tertiary/aromatic N) is 3. The lowest BCUT2D eigenvalue weighted by Crippen LogP contribution is -2.56. The van der Waals surface area contributed by atoms with Crippen LogP contribution in [0.15, 0.2) is 78.9 Å². The van der Waals surface area contributed by atoms with Crippen molar-refractivity contribution >= 4 is 29.5 Å². The highest BCUT2D eigenvalue weighted by Crippen LogP contribution is 2.31. The van der Waals surface area contributed by atoms with Crippen molar-refractivity contribution in [2.24, 2.45) is 5.92 Å². The fourth-order valence-corrected chi connectivity index (χ4v) is 6.68. The lowest BCUT2D eigenvalue weighted by molar-refractivity contribution is -0.141. The van der Waals surface area contributed by atoms with Gasteiger partial charge in [-0.2, -0.15) is 5.26 Å². The molecule has 3 N–H and O–H groups in total. The molecule has 13 heteroatoms. The number of hydrogen-bond donors (Lipinski definition) is 3. The predicted octanol–water partition coefficient (Wildman–Crippen LogP) is 2.41. The average molecular weight is 723 g/mol. The lowest BCUT2D eigenvalue weighted by Gasteiger charge is -2.29. The molecule has 1 fully saturated rings. The van der Waals surface area contributed by atoms with Gasteiger partial charge in [0.25, 0.3) is 11.8 Å². The molecular weight excluding hydrogens is 676 g/mol. The van der Waals surface area contributed by atoms with E-state index in [1.165, 1.54) is 12.0 Å². The molecule has 53 heavy (non-hydrogen) atoms. The van der Waals surface area contributed by atoms with Gasteiger partial charge in [0, 0.05) is 44.6 Å². The number of ether oxygens (including phenoxy) is 2. The number of amides is 5. The maximum absolute atomic E-state index is 14.2. The Kier molecular flexibility index (Phi) is 13.2. The van der Waals surface area contributed by atoms with Crippen molar-refractivity contribution in [1.29, 1.82) is 5.26 Å². The number of nitrogens with one attached hydrogen (secondary N) is 3. The van der Waals surface area contributed by atoms with Crippen molar-refractivity contribution in [3.05, 3.63) is 101 Å². The molecule has 4 atom stereocenters. The monoisotopic (exact) mass is 722 g/mol. The number of carbonyl (C=O) groups is 5. The molecule has 0 radical (unpaired) electrons. The quantitative estimate of drug-likeness (QED) is 0.319. The Morgan fingerprint density at radius 1 is 0.925 bits per heavy atom. The van der Waals surface area contributed by atoms with Crippen LogP contribution in [-0.2, 0) is 30.3 Å². The summed E-state index contributed by atoms with van der Waals surface area (Å²) in [7, 11) is 1.49. The zero-order chi connectivity index (χ0) is 37.9. The smallest absolute Gasteiger partial charge is 0.258 e. The molecular formula is C40H46N6O7. The third-order valence-corrected chi connectivity index (χ3v) is 9.34. The van der Waals surface area contributed by atoms with Crippen LogP contribution < -0.4 is 20.7 Å². The third kappa shape index (κ3) is 10.4. The highest BCUT2D eigenvalue weighted by atomic mass is 16.5. The Morgan fingerprint density at radius 3 is 2.36 bits per heavy atom. The molecule has 3 aromatic rings. The van der Waals surface area contributed by atoms with E-state index in [1.807, 2.05) is 50.2 Å². The molecule has 13 nitrogen and oxygen atoms in total. The molecule has 0 saturated carbocycles. The van der Waals surface area contributed by atoms with Gasteiger partial charge in [-0.1, -0.05) is 56.3 Å². The Balaban J connectivity index is 1.50. The number of benzene rings is 3. The summed E-state index contributed by atoms with van der Waals surface area (Å²) < 4.78 is 11.1. The summed E-state index contributed by atoms with van der Waals surface area (Å²) >= 11 is 0. The number of likely N-dealkylation sites (tertiary alicyclic amines) is 1. The van der Waals surface area contributed by atoms with Gasteiger partial charge in [-0.15, -0.1) is 0 Å². The Bertz CT molecular complexity index is 1810. The van der Waals surface area contributed by atoms with Gasteiger partial charge in [-0.3, -0.25) is 24.0 Å². The van der Waals surface area contributed by atoms with E-state index in [2.05, 4.69) is 22.0 Å². The van der Waals surface area contributed by atoms with E-state index in [9.17, 15) is 29.2 Å². The van der Waals surface area contributed by atoms with Crippen LogP contribution in [0.5, 0.6) is 5.75 Å². The topological polar surface area (TPSA) is 170 Å². The number of fused-ring (bicyclic) bond motifs is 4. The first-order valence-electron chi connectivity index (χ1n) is 17.8. The third-order valence-electron chi connectivity index (χ3n) is 9.34. The van der Waals surface area contributed by atoms with Gasteiger partial charge in [0.05, 0.1) is 30.8 Å². The second-order valence-corrected chi connectivity index (χ2v) is 13.8. The second-order valence-electron chi connectivity index (χ2n) is 13.8. The number of methoxy groups -OCH3 is 1. The maximum Gasteiger partial charge on any atom is 0.258 e. The van der Waals surface area contributed by atoms with E-state index >= 15 is 0 Å². The van der Waals surface area contributed by atoms with Crippen LogP contribution in [0.1, 0.15) is 53.2 Å². The van der Waals surface area contributed by atoms with Crippen LogP contribution in [-0.4, -0.2) is 104 Å². The van der Waals surface area contributed by atoms with Gasteiger partial charge >= 0.3 is 0 Å². The molecule has 2 aliphatic rings. The zero-order valence-corrected chi connectivity index (χ0v) is 30.2. The predicted molar refractivity (Wildman–Crippen MR) is 196 cm³/mol. The number of carbonyl (C=O) groups excluding carboxylic acids is 5. The second kappa shape index (κ2) is 18.1. The molecule has 5 rings (SSSR count). The first-order chi connectivity index (χ1) is 25.5. The van der Waals surface area contributed by atoms with Crippen molar-refractivity contribution in [2.75, 3.05) is 46.5 Å². The van der Waals surface area contributed by atoms with Crippen LogP contribution in [0, 0.1) is 17.2 Å².